The standard InChI is InChI=1S/C8H11N/c1-3-7-4-8(5-9)6(7)2/h3,6,8H,4H2,1-2H3/b7-3-/t6-,8?/m0/s1. The van der Waals surface area contributed by atoms with Crippen molar-refractivity contribution in [3.8, 4) is 6.07 Å². The van der Waals surface area contributed by atoms with Gasteiger partial charge in [0.25, 0.3) is 0 Å². The predicted molar refractivity (Wildman–Crippen MR) is 36.6 cm³/mol. The largest absolute Gasteiger partial charge is 0.198 e. The van der Waals surface area contributed by atoms with E-state index in [1.807, 2.05) is 6.92 Å². The molecule has 0 N–H and O–H groups in total. The molecule has 0 aromatic rings. The molecule has 1 nitrogen and oxygen atoms in total. The smallest absolute Gasteiger partial charge is 0.0665 e. The molecule has 1 rings (SSSR count). The number of hydrogen-bond acceptors (Lipinski definition) is 1. The highest BCUT2D eigenvalue weighted by molar-refractivity contribution is 5.21. The lowest BCUT2D eigenvalue weighted by Gasteiger charge is -2.31. The molecule has 1 aliphatic rings. The van der Waals surface area contributed by atoms with E-state index < -0.39 is 0 Å². The van der Waals surface area contributed by atoms with E-state index in [9.17, 15) is 0 Å². The molecule has 0 bridgehead atoms. The number of nitriles is 1. The molecule has 2 atom stereocenters. The third-order valence-corrected chi connectivity index (χ3v) is 2.18. The van der Waals surface area contributed by atoms with E-state index in [2.05, 4.69) is 19.1 Å². The van der Waals surface area contributed by atoms with Gasteiger partial charge in [0.2, 0.25) is 0 Å². The van der Waals surface area contributed by atoms with Gasteiger partial charge in [-0.05, 0) is 19.3 Å². The average Bonchev–Trinajstić information content (AvgIpc) is 1.87. The summed E-state index contributed by atoms with van der Waals surface area (Å²) in [4.78, 5) is 0. The molecule has 9 heavy (non-hydrogen) atoms. The van der Waals surface area contributed by atoms with Crippen molar-refractivity contribution in [2.45, 2.75) is 20.3 Å². The van der Waals surface area contributed by atoms with E-state index >= 15 is 0 Å². The Morgan fingerprint density at radius 2 is 2.44 bits per heavy atom. The molecular weight excluding hydrogens is 110 g/mol. The van der Waals surface area contributed by atoms with Crippen LogP contribution >= 0.6 is 0 Å². The molecule has 0 heterocycles. The summed E-state index contributed by atoms with van der Waals surface area (Å²) in [5.74, 6) is 0.830. The Morgan fingerprint density at radius 1 is 1.78 bits per heavy atom. The van der Waals surface area contributed by atoms with Crippen LogP contribution in [0.4, 0.5) is 0 Å². The molecule has 0 aliphatic heterocycles. The van der Waals surface area contributed by atoms with Crippen LogP contribution < -0.4 is 0 Å². The van der Waals surface area contributed by atoms with Gasteiger partial charge in [0, 0.05) is 0 Å². The maximum atomic E-state index is 8.49. The van der Waals surface area contributed by atoms with E-state index in [1.54, 1.807) is 0 Å². The van der Waals surface area contributed by atoms with Gasteiger partial charge < -0.3 is 0 Å². The Hall–Kier alpha value is -0.770. The minimum absolute atomic E-state index is 0.302. The summed E-state index contributed by atoms with van der Waals surface area (Å²) in [6.07, 6.45) is 3.13. The van der Waals surface area contributed by atoms with E-state index in [4.69, 9.17) is 5.26 Å². The predicted octanol–water partition coefficient (Wildman–Crippen LogP) is 2.11. The monoisotopic (exact) mass is 121 g/mol. The normalized spacial score (nSPS) is 37.7. The molecule has 1 saturated carbocycles. The quantitative estimate of drug-likeness (QED) is 0.450. The zero-order valence-corrected chi connectivity index (χ0v) is 5.89. The first-order valence-corrected chi connectivity index (χ1v) is 3.34. The first-order chi connectivity index (χ1) is 4.29. The van der Waals surface area contributed by atoms with E-state index in [0.29, 0.717) is 11.8 Å². The van der Waals surface area contributed by atoms with Crippen LogP contribution in [0, 0.1) is 23.2 Å². The number of hydrogen-bond donors (Lipinski definition) is 0. The molecule has 0 amide bonds. The third-order valence-electron chi connectivity index (χ3n) is 2.18. The number of allylic oxidation sites excluding steroid dienone is 2. The van der Waals surface area contributed by atoms with Crippen LogP contribution in [-0.2, 0) is 0 Å². The Morgan fingerprint density at radius 3 is 2.78 bits per heavy atom. The fraction of sp³-hybridized carbons (Fsp3) is 0.625. The fourth-order valence-corrected chi connectivity index (χ4v) is 1.25. The number of rotatable bonds is 0. The Balaban J connectivity index is 2.54. The summed E-state index contributed by atoms with van der Waals surface area (Å²) in [6, 6.07) is 2.27. The van der Waals surface area contributed by atoms with E-state index in [-0.39, 0.29) is 0 Å². The molecule has 1 heteroatoms. The van der Waals surface area contributed by atoms with Gasteiger partial charge in [-0.3, -0.25) is 0 Å². The molecule has 0 radical (unpaired) electrons. The molecule has 1 fully saturated rings. The van der Waals surface area contributed by atoms with Crippen molar-refractivity contribution >= 4 is 0 Å². The summed E-state index contributed by atoms with van der Waals surface area (Å²) in [7, 11) is 0. The molecule has 1 unspecified atom stereocenters. The highest BCUT2D eigenvalue weighted by Gasteiger charge is 2.30. The van der Waals surface area contributed by atoms with Gasteiger partial charge in [-0.15, -0.1) is 0 Å². The van der Waals surface area contributed by atoms with Crippen molar-refractivity contribution in [1.29, 1.82) is 5.26 Å². The van der Waals surface area contributed by atoms with Gasteiger partial charge in [0.15, 0.2) is 0 Å². The Kier molecular flexibility index (Phi) is 1.57. The summed E-state index contributed by atoms with van der Waals surface area (Å²) in [5.41, 5.74) is 1.45. The van der Waals surface area contributed by atoms with Gasteiger partial charge in [0.1, 0.15) is 0 Å². The highest BCUT2D eigenvalue weighted by Crippen LogP contribution is 2.38. The lowest BCUT2D eigenvalue weighted by Crippen LogP contribution is -2.24. The van der Waals surface area contributed by atoms with Gasteiger partial charge in [-0.25, -0.2) is 0 Å². The summed E-state index contributed by atoms with van der Waals surface area (Å²) >= 11 is 0. The van der Waals surface area contributed by atoms with Gasteiger partial charge in [-0.1, -0.05) is 18.6 Å². The average molecular weight is 121 g/mol. The van der Waals surface area contributed by atoms with Gasteiger partial charge >= 0.3 is 0 Å². The summed E-state index contributed by atoms with van der Waals surface area (Å²) < 4.78 is 0. The van der Waals surface area contributed by atoms with Crippen molar-refractivity contribution in [2.75, 3.05) is 0 Å². The second kappa shape index (κ2) is 2.23. The maximum Gasteiger partial charge on any atom is 0.0665 e. The van der Waals surface area contributed by atoms with Gasteiger partial charge in [0.05, 0.1) is 12.0 Å². The molecule has 0 spiro atoms. The molecule has 48 valence electrons. The molecule has 0 saturated heterocycles. The minimum Gasteiger partial charge on any atom is -0.198 e. The van der Waals surface area contributed by atoms with Crippen molar-refractivity contribution in [3.63, 3.8) is 0 Å². The lowest BCUT2D eigenvalue weighted by molar-refractivity contribution is 0.376. The van der Waals surface area contributed by atoms with Crippen molar-refractivity contribution < 1.29 is 0 Å². The van der Waals surface area contributed by atoms with Crippen LogP contribution in [0.15, 0.2) is 11.6 Å². The summed E-state index contributed by atoms with van der Waals surface area (Å²) in [6.45, 7) is 4.16. The van der Waals surface area contributed by atoms with Gasteiger partial charge in [-0.2, -0.15) is 5.26 Å². The van der Waals surface area contributed by atoms with Crippen LogP contribution in [0.5, 0.6) is 0 Å². The summed E-state index contributed by atoms with van der Waals surface area (Å²) in [5, 5.41) is 8.49. The van der Waals surface area contributed by atoms with E-state index in [1.165, 1.54) is 5.57 Å². The lowest BCUT2D eigenvalue weighted by atomic mass is 9.71. The first kappa shape index (κ1) is 6.35. The second-order valence-electron chi connectivity index (χ2n) is 2.59. The van der Waals surface area contributed by atoms with Crippen molar-refractivity contribution in [2.24, 2.45) is 11.8 Å². The first-order valence-electron chi connectivity index (χ1n) is 3.34. The molecule has 0 aromatic heterocycles. The van der Waals surface area contributed by atoms with Crippen LogP contribution in [0.25, 0.3) is 0 Å². The molecule has 1 aliphatic carbocycles. The Bertz CT molecular complexity index is 173. The topological polar surface area (TPSA) is 23.8 Å². The molecular formula is C8H11N. The van der Waals surface area contributed by atoms with Crippen LogP contribution in [0.3, 0.4) is 0 Å². The highest BCUT2D eigenvalue weighted by atomic mass is 14.4. The Labute approximate surface area is 56.0 Å². The number of nitrogens with zero attached hydrogens (tertiary/aromatic N) is 1. The van der Waals surface area contributed by atoms with Crippen molar-refractivity contribution in [1.82, 2.24) is 0 Å². The fourth-order valence-electron chi connectivity index (χ4n) is 1.25. The van der Waals surface area contributed by atoms with Crippen LogP contribution in [-0.4, -0.2) is 0 Å². The zero-order chi connectivity index (χ0) is 6.85. The van der Waals surface area contributed by atoms with Crippen molar-refractivity contribution in [3.05, 3.63) is 11.6 Å². The molecule has 0 aromatic carbocycles. The SMILES string of the molecule is C/C=C1/CC(C#N)[C@H]1C. The maximum absolute atomic E-state index is 8.49. The zero-order valence-electron chi connectivity index (χ0n) is 5.89. The third kappa shape index (κ3) is 0.853. The van der Waals surface area contributed by atoms with Crippen LogP contribution in [0.2, 0.25) is 0 Å². The van der Waals surface area contributed by atoms with E-state index in [0.717, 1.165) is 6.42 Å². The minimum atomic E-state index is 0.302. The second-order valence-corrected chi connectivity index (χ2v) is 2.59. The van der Waals surface area contributed by atoms with Crippen LogP contribution in [0.1, 0.15) is 20.3 Å².